The molecule has 3 nitrogen and oxygen atoms in total. The number of hydrogen-bond donors (Lipinski definition) is 2. The van der Waals surface area contributed by atoms with Crippen molar-refractivity contribution in [3.05, 3.63) is 29.3 Å². The Hall–Kier alpha value is -1.95. The molecule has 0 unspecified atom stereocenters. The summed E-state index contributed by atoms with van der Waals surface area (Å²) >= 11 is 0. The van der Waals surface area contributed by atoms with E-state index in [0.29, 0.717) is 12.2 Å². The summed E-state index contributed by atoms with van der Waals surface area (Å²) in [6, 6.07) is 5.60. The zero-order chi connectivity index (χ0) is 11.3. The molecule has 0 fully saturated rings. The summed E-state index contributed by atoms with van der Waals surface area (Å²) in [6.07, 6.45) is 0. The maximum absolute atomic E-state index is 10.6. The standard InChI is InChI=1S/C12H14N2O/c1-9-5-6-12(13)8-11(9)4-3-7-14-10(2)15/h5-6,8H,7,13H2,1-2H3,(H,14,15). The van der Waals surface area contributed by atoms with Crippen molar-refractivity contribution < 1.29 is 4.79 Å². The van der Waals surface area contributed by atoms with Crippen molar-refractivity contribution in [3.8, 4) is 11.8 Å². The molecular formula is C12H14N2O. The molecule has 0 radical (unpaired) electrons. The first-order chi connectivity index (χ1) is 7.09. The Kier molecular flexibility index (Phi) is 3.75. The molecule has 15 heavy (non-hydrogen) atoms. The number of carbonyl (C=O) groups excluding carboxylic acids is 1. The van der Waals surface area contributed by atoms with E-state index in [1.54, 1.807) is 0 Å². The maximum Gasteiger partial charge on any atom is 0.217 e. The Morgan fingerprint density at radius 2 is 2.27 bits per heavy atom. The summed E-state index contributed by atoms with van der Waals surface area (Å²) in [4.78, 5) is 10.6. The van der Waals surface area contributed by atoms with Crippen LogP contribution < -0.4 is 11.1 Å². The molecule has 1 aromatic rings. The Labute approximate surface area is 89.7 Å². The zero-order valence-electron chi connectivity index (χ0n) is 8.92. The number of nitrogens with one attached hydrogen (secondary N) is 1. The maximum atomic E-state index is 10.6. The number of nitrogen functional groups attached to an aromatic ring is 1. The first-order valence-electron chi connectivity index (χ1n) is 4.69. The summed E-state index contributed by atoms with van der Waals surface area (Å²) < 4.78 is 0. The van der Waals surface area contributed by atoms with Crippen LogP contribution in [0.5, 0.6) is 0 Å². The molecule has 0 saturated carbocycles. The molecule has 0 heterocycles. The van der Waals surface area contributed by atoms with Crippen molar-refractivity contribution in [1.82, 2.24) is 5.32 Å². The number of nitrogens with two attached hydrogens (primary N) is 1. The quantitative estimate of drug-likeness (QED) is 0.528. The minimum atomic E-state index is -0.0754. The molecule has 0 spiro atoms. The Balaban J connectivity index is 2.71. The second kappa shape index (κ2) is 5.06. The van der Waals surface area contributed by atoms with E-state index in [9.17, 15) is 4.79 Å². The van der Waals surface area contributed by atoms with Crippen LogP contribution in [-0.2, 0) is 4.79 Å². The fourth-order valence-electron chi connectivity index (χ4n) is 1.08. The lowest BCUT2D eigenvalue weighted by atomic mass is 10.1. The normalized spacial score (nSPS) is 8.93. The molecule has 0 aromatic heterocycles. The average molecular weight is 202 g/mol. The highest BCUT2D eigenvalue weighted by Crippen LogP contribution is 2.10. The van der Waals surface area contributed by atoms with E-state index in [1.165, 1.54) is 6.92 Å². The molecule has 78 valence electrons. The van der Waals surface area contributed by atoms with Gasteiger partial charge in [-0.25, -0.2) is 0 Å². The molecule has 0 aliphatic rings. The van der Waals surface area contributed by atoms with Gasteiger partial charge in [0.1, 0.15) is 0 Å². The highest BCUT2D eigenvalue weighted by molar-refractivity contribution is 5.73. The topological polar surface area (TPSA) is 55.1 Å². The Morgan fingerprint density at radius 3 is 2.93 bits per heavy atom. The third kappa shape index (κ3) is 3.74. The van der Waals surface area contributed by atoms with E-state index in [4.69, 9.17) is 5.73 Å². The molecule has 1 amide bonds. The molecule has 1 aromatic carbocycles. The van der Waals surface area contributed by atoms with Gasteiger partial charge in [0.15, 0.2) is 0 Å². The van der Waals surface area contributed by atoms with E-state index in [1.807, 2.05) is 25.1 Å². The van der Waals surface area contributed by atoms with Gasteiger partial charge in [-0.2, -0.15) is 0 Å². The molecule has 3 heteroatoms. The van der Waals surface area contributed by atoms with Gasteiger partial charge < -0.3 is 11.1 Å². The third-order valence-corrected chi connectivity index (χ3v) is 1.91. The summed E-state index contributed by atoms with van der Waals surface area (Å²) in [7, 11) is 0. The van der Waals surface area contributed by atoms with Crippen LogP contribution in [0.1, 0.15) is 18.1 Å². The van der Waals surface area contributed by atoms with Crippen molar-refractivity contribution in [1.29, 1.82) is 0 Å². The molecule has 0 atom stereocenters. The first-order valence-corrected chi connectivity index (χ1v) is 4.69. The minimum absolute atomic E-state index is 0.0754. The van der Waals surface area contributed by atoms with Gasteiger partial charge >= 0.3 is 0 Å². The van der Waals surface area contributed by atoms with Gasteiger partial charge in [0.05, 0.1) is 6.54 Å². The minimum Gasteiger partial charge on any atom is -0.399 e. The third-order valence-electron chi connectivity index (χ3n) is 1.91. The molecule has 1 rings (SSSR count). The van der Waals surface area contributed by atoms with Crippen LogP contribution in [0.25, 0.3) is 0 Å². The summed E-state index contributed by atoms with van der Waals surface area (Å²) in [5, 5.41) is 2.61. The number of amides is 1. The summed E-state index contributed by atoms with van der Waals surface area (Å²) in [6.45, 7) is 3.80. The number of benzene rings is 1. The summed E-state index contributed by atoms with van der Waals surface area (Å²) in [5.41, 5.74) is 8.33. The van der Waals surface area contributed by atoms with Crippen LogP contribution in [0.2, 0.25) is 0 Å². The van der Waals surface area contributed by atoms with Gasteiger partial charge in [-0.05, 0) is 24.6 Å². The first kappa shape index (κ1) is 11.1. The van der Waals surface area contributed by atoms with Crippen LogP contribution in [0.15, 0.2) is 18.2 Å². The smallest absolute Gasteiger partial charge is 0.217 e. The zero-order valence-corrected chi connectivity index (χ0v) is 8.92. The predicted molar refractivity (Wildman–Crippen MR) is 61.2 cm³/mol. The monoisotopic (exact) mass is 202 g/mol. The van der Waals surface area contributed by atoms with Gasteiger partial charge in [0.2, 0.25) is 5.91 Å². The highest BCUT2D eigenvalue weighted by atomic mass is 16.1. The van der Waals surface area contributed by atoms with E-state index in [2.05, 4.69) is 17.2 Å². The largest absolute Gasteiger partial charge is 0.399 e. The van der Waals surface area contributed by atoms with Crippen LogP contribution in [0, 0.1) is 18.8 Å². The van der Waals surface area contributed by atoms with Crippen LogP contribution in [0.4, 0.5) is 5.69 Å². The SMILES string of the molecule is CC(=O)NCC#Cc1cc(N)ccc1C. The predicted octanol–water partition coefficient (Wildman–Crippen LogP) is 1.06. The fraction of sp³-hybridized carbons (Fsp3) is 0.250. The second-order valence-corrected chi connectivity index (χ2v) is 3.29. The lowest BCUT2D eigenvalue weighted by molar-refractivity contribution is -0.118. The van der Waals surface area contributed by atoms with Gasteiger partial charge in [0, 0.05) is 18.2 Å². The van der Waals surface area contributed by atoms with Gasteiger partial charge in [-0.3, -0.25) is 4.79 Å². The molecular weight excluding hydrogens is 188 g/mol. The van der Waals surface area contributed by atoms with E-state index in [0.717, 1.165) is 11.1 Å². The van der Waals surface area contributed by atoms with Crippen molar-refractivity contribution in [2.24, 2.45) is 0 Å². The Bertz CT molecular complexity index is 427. The van der Waals surface area contributed by atoms with Crippen LogP contribution in [0.3, 0.4) is 0 Å². The van der Waals surface area contributed by atoms with E-state index >= 15 is 0 Å². The fourth-order valence-corrected chi connectivity index (χ4v) is 1.08. The van der Waals surface area contributed by atoms with Crippen LogP contribution in [-0.4, -0.2) is 12.5 Å². The van der Waals surface area contributed by atoms with E-state index < -0.39 is 0 Å². The van der Waals surface area contributed by atoms with Crippen molar-refractivity contribution >= 4 is 11.6 Å². The van der Waals surface area contributed by atoms with Crippen molar-refractivity contribution in [2.45, 2.75) is 13.8 Å². The van der Waals surface area contributed by atoms with Crippen molar-refractivity contribution in [2.75, 3.05) is 12.3 Å². The average Bonchev–Trinajstić information content (AvgIpc) is 2.17. The molecule has 0 aliphatic heterocycles. The molecule has 0 saturated heterocycles. The Morgan fingerprint density at radius 1 is 1.53 bits per heavy atom. The van der Waals surface area contributed by atoms with Crippen LogP contribution >= 0.6 is 0 Å². The lowest BCUT2D eigenvalue weighted by Crippen LogP contribution is -2.19. The number of anilines is 1. The number of carbonyl (C=O) groups is 1. The highest BCUT2D eigenvalue weighted by Gasteiger charge is 1.94. The van der Waals surface area contributed by atoms with Gasteiger partial charge in [-0.15, -0.1) is 0 Å². The van der Waals surface area contributed by atoms with Crippen molar-refractivity contribution in [3.63, 3.8) is 0 Å². The second-order valence-electron chi connectivity index (χ2n) is 3.29. The summed E-state index contributed by atoms with van der Waals surface area (Å²) in [5.74, 6) is 5.75. The molecule has 0 aliphatic carbocycles. The number of aryl methyl sites for hydroxylation is 1. The number of hydrogen-bond acceptors (Lipinski definition) is 2. The van der Waals surface area contributed by atoms with E-state index in [-0.39, 0.29) is 5.91 Å². The number of rotatable bonds is 1. The van der Waals surface area contributed by atoms with Gasteiger partial charge in [-0.1, -0.05) is 17.9 Å². The lowest BCUT2D eigenvalue weighted by Gasteiger charge is -1.99. The van der Waals surface area contributed by atoms with Gasteiger partial charge in [0.25, 0.3) is 0 Å². The molecule has 3 N–H and O–H groups in total. The molecule has 0 bridgehead atoms.